The molecule has 124 valence electrons. The SMILES string of the molecule is Cc1ccnc(-c2cccc3c4ccccc4n(-c4ccccn4)c23)c1. The monoisotopic (exact) mass is 335 g/mol. The quantitative estimate of drug-likeness (QED) is 0.423. The second kappa shape index (κ2) is 5.81. The molecule has 0 saturated carbocycles. The summed E-state index contributed by atoms with van der Waals surface area (Å²) in [5.41, 5.74) is 5.60. The Balaban J connectivity index is 1.98. The lowest BCUT2D eigenvalue weighted by molar-refractivity contribution is 1.08. The predicted molar refractivity (Wildman–Crippen MR) is 107 cm³/mol. The molecule has 3 aromatic heterocycles. The van der Waals surface area contributed by atoms with Gasteiger partial charge in [-0.25, -0.2) is 4.98 Å². The minimum absolute atomic E-state index is 0.916. The molecule has 0 saturated heterocycles. The molecule has 0 radical (unpaired) electrons. The second-order valence-corrected chi connectivity index (χ2v) is 6.46. The Kier molecular flexibility index (Phi) is 3.32. The lowest BCUT2D eigenvalue weighted by Gasteiger charge is -2.10. The summed E-state index contributed by atoms with van der Waals surface area (Å²) < 4.78 is 2.24. The van der Waals surface area contributed by atoms with Crippen LogP contribution in [0.25, 0.3) is 38.9 Å². The first kappa shape index (κ1) is 14.8. The summed E-state index contributed by atoms with van der Waals surface area (Å²) in [4.78, 5) is 9.25. The van der Waals surface area contributed by atoms with E-state index in [0.717, 1.165) is 28.1 Å². The molecule has 3 nitrogen and oxygen atoms in total. The van der Waals surface area contributed by atoms with Crippen LogP contribution in [0.5, 0.6) is 0 Å². The maximum absolute atomic E-state index is 4.63. The molecular formula is C23H17N3. The smallest absolute Gasteiger partial charge is 0.137 e. The van der Waals surface area contributed by atoms with Gasteiger partial charge in [-0.15, -0.1) is 0 Å². The number of hydrogen-bond donors (Lipinski definition) is 0. The fourth-order valence-electron chi connectivity index (χ4n) is 3.63. The topological polar surface area (TPSA) is 30.7 Å². The zero-order valence-corrected chi connectivity index (χ0v) is 14.4. The van der Waals surface area contributed by atoms with Gasteiger partial charge in [-0.1, -0.05) is 42.5 Å². The maximum Gasteiger partial charge on any atom is 0.137 e. The van der Waals surface area contributed by atoms with E-state index in [1.165, 1.54) is 16.3 Å². The van der Waals surface area contributed by atoms with Crippen LogP contribution in [0, 0.1) is 6.92 Å². The summed E-state index contributed by atoms with van der Waals surface area (Å²) in [5, 5.41) is 2.44. The molecule has 0 N–H and O–H groups in total. The van der Waals surface area contributed by atoms with Crippen molar-refractivity contribution in [3.63, 3.8) is 0 Å². The van der Waals surface area contributed by atoms with Crippen LogP contribution in [0.4, 0.5) is 0 Å². The molecule has 3 heteroatoms. The Labute approximate surface area is 151 Å². The Morgan fingerprint density at radius 3 is 2.42 bits per heavy atom. The van der Waals surface area contributed by atoms with Crippen molar-refractivity contribution in [2.45, 2.75) is 6.92 Å². The normalized spacial score (nSPS) is 11.3. The summed E-state index contributed by atoms with van der Waals surface area (Å²) in [6, 6.07) is 25.1. The lowest BCUT2D eigenvalue weighted by Crippen LogP contribution is -1.98. The minimum atomic E-state index is 0.916. The van der Waals surface area contributed by atoms with Crippen molar-refractivity contribution < 1.29 is 0 Å². The van der Waals surface area contributed by atoms with E-state index in [4.69, 9.17) is 0 Å². The van der Waals surface area contributed by atoms with Crippen molar-refractivity contribution in [2.75, 3.05) is 0 Å². The molecule has 0 bridgehead atoms. The first-order valence-corrected chi connectivity index (χ1v) is 8.69. The highest BCUT2D eigenvalue weighted by atomic mass is 15.1. The molecule has 0 atom stereocenters. The summed E-state index contributed by atoms with van der Waals surface area (Å²) in [6.45, 7) is 2.10. The van der Waals surface area contributed by atoms with Gasteiger partial charge in [-0.3, -0.25) is 9.55 Å². The molecule has 0 amide bonds. The van der Waals surface area contributed by atoms with Crippen LogP contribution >= 0.6 is 0 Å². The number of hydrogen-bond acceptors (Lipinski definition) is 2. The van der Waals surface area contributed by atoms with Crippen LogP contribution in [-0.4, -0.2) is 14.5 Å². The third-order valence-electron chi connectivity index (χ3n) is 4.76. The van der Waals surface area contributed by atoms with Gasteiger partial charge in [-0.2, -0.15) is 0 Å². The fraction of sp³-hybridized carbons (Fsp3) is 0.0435. The molecule has 3 heterocycles. The van der Waals surface area contributed by atoms with Crippen LogP contribution in [0.2, 0.25) is 0 Å². The molecule has 0 aliphatic carbocycles. The van der Waals surface area contributed by atoms with E-state index < -0.39 is 0 Å². The van der Waals surface area contributed by atoms with Crippen molar-refractivity contribution in [3.05, 3.63) is 90.8 Å². The van der Waals surface area contributed by atoms with Gasteiger partial charge in [0.1, 0.15) is 5.82 Å². The Bertz CT molecular complexity index is 1240. The maximum atomic E-state index is 4.63. The van der Waals surface area contributed by atoms with Crippen molar-refractivity contribution in [1.82, 2.24) is 14.5 Å². The van der Waals surface area contributed by atoms with Crippen LogP contribution in [0.15, 0.2) is 85.2 Å². The summed E-state index contributed by atoms with van der Waals surface area (Å²) in [6.07, 6.45) is 3.71. The van der Waals surface area contributed by atoms with Gasteiger partial charge < -0.3 is 0 Å². The minimum Gasteiger partial charge on any atom is -0.293 e. The molecule has 2 aromatic carbocycles. The van der Waals surface area contributed by atoms with Crippen LogP contribution < -0.4 is 0 Å². The molecule has 0 fully saturated rings. The van der Waals surface area contributed by atoms with Gasteiger partial charge in [0.15, 0.2) is 0 Å². The summed E-state index contributed by atoms with van der Waals surface area (Å²) in [7, 11) is 0. The molecule has 0 unspecified atom stereocenters. The third kappa shape index (κ3) is 2.21. The zero-order chi connectivity index (χ0) is 17.5. The fourth-order valence-corrected chi connectivity index (χ4v) is 3.63. The third-order valence-corrected chi connectivity index (χ3v) is 4.76. The molecule has 5 aromatic rings. The van der Waals surface area contributed by atoms with Crippen molar-refractivity contribution in [3.8, 4) is 17.1 Å². The number of rotatable bonds is 2. The Morgan fingerprint density at radius 2 is 1.58 bits per heavy atom. The highest BCUT2D eigenvalue weighted by Crippen LogP contribution is 2.36. The van der Waals surface area contributed by atoms with Gasteiger partial charge in [-0.05, 0) is 42.8 Å². The van der Waals surface area contributed by atoms with E-state index in [0.29, 0.717) is 0 Å². The van der Waals surface area contributed by atoms with E-state index in [2.05, 4.69) is 70.0 Å². The first-order valence-electron chi connectivity index (χ1n) is 8.69. The zero-order valence-electron chi connectivity index (χ0n) is 14.4. The average Bonchev–Trinajstić information content (AvgIpc) is 3.03. The number of aromatic nitrogens is 3. The van der Waals surface area contributed by atoms with Gasteiger partial charge in [0, 0.05) is 28.7 Å². The second-order valence-electron chi connectivity index (χ2n) is 6.46. The van der Waals surface area contributed by atoms with E-state index in [1.54, 1.807) is 0 Å². The number of fused-ring (bicyclic) bond motifs is 3. The molecule has 0 spiro atoms. The van der Waals surface area contributed by atoms with E-state index in [-0.39, 0.29) is 0 Å². The van der Waals surface area contributed by atoms with Gasteiger partial charge >= 0.3 is 0 Å². The largest absolute Gasteiger partial charge is 0.293 e. The Hall–Kier alpha value is -3.46. The number of pyridine rings is 2. The van der Waals surface area contributed by atoms with Crippen LogP contribution in [0.1, 0.15) is 5.56 Å². The summed E-state index contributed by atoms with van der Waals surface area (Å²) >= 11 is 0. The van der Waals surface area contributed by atoms with Crippen molar-refractivity contribution in [2.24, 2.45) is 0 Å². The lowest BCUT2D eigenvalue weighted by atomic mass is 10.0. The number of para-hydroxylation sites is 2. The highest BCUT2D eigenvalue weighted by Gasteiger charge is 2.16. The molecule has 26 heavy (non-hydrogen) atoms. The van der Waals surface area contributed by atoms with E-state index in [1.807, 2.05) is 36.7 Å². The highest BCUT2D eigenvalue weighted by molar-refractivity contribution is 6.13. The average molecular weight is 335 g/mol. The van der Waals surface area contributed by atoms with Crippen molar-refractivity contribution >= 4 is 21.8 Å². The van der Waals surface area contributed by atoms with E-state index >= 15 is 0 Å². The van der Waals surface area contributed by atoms with Gasteiger partial charge in [0.25, 0.3) is 0 Å². The number of aryl methyl sites for hydroxylation is 1. The molecule has 0 aliphatic rings. The standard InChI is InChI=1S/C23H17N3/c1-16-12-14-24-20(15-16)19-9-6-8-18-17-7-2-3-10-21(17)26(23(18)19)22-11-4-5-13-25-22/h2-15H,1H3. The summed E-state index contributed by atoms with van der Waals surface area (Å²) in [5.74, 6) is 0.916. The van der Waals surface area contributed by atoms with Crippen LogP contribution in [-0.2, 0) is 0 Å². The Morgan fingerprint density at radius 1 is 0.731 bits per heavy atom. The predicted octanol–water partition coefficient (Wildman–Crippen LogP) is 5.55. The van der Waals surface area contributed by atoms with E-state index in [9.17, 15) is 0 Å². The number of benzene rings is 2. The van der Waals surface area contributed by atoms with Crippen LogP contribution in [0.3, 0.4) is 0 Å². The first-order chi connectivity index (χ1) is 12.8. The van der Waals surface area contributed by atoms with Gasteiger partial charge in [0.2, 0.25) is 0 Å². The molecular weight excluding hydrogens is 318 g/mol. The van der Waals surface area contributed by atoms with Crippen molar-refractivity contribution in [1.29, 1.82) is 0 Å². The number of nitrogens with zero attached hydrogens (tertiary/aromatic N) is 3. The molecule has 5 rings (SSSR count). The molecule has 0 aliphatic heterocycles. The van der Waals surface area contributed by atoms with Gasteiger partial charge in [0.05, 0.1) is 16.7 Å².